The number of ether oxygens (including phenoxy) is 3. The SMILES string of the molecule is COc1ccc(CCNC(=O)C2(N)CCOCC2)cc1OC.Cl. The summed E-state index contributed by atoms with van der Waals surface area (Å²) in [6, 6.07) is 5.73. The average molecular weight is 345 g/mol. The maximum Gasteiger partial charge on any atom is 0.240 e. The number of nitrogens with two attached hydrogens (primary N) is 1. The van der Waals surface area contributed by atoms with Crippen LogP contribution in [0.15, 0.2) is 18.2 Å². The molecule has 23 heavy (non-hydrogen) atoms. The smallest absolute Gasteiger partial charge is 0.240 e. The minimum atomic E-state index is -0.796. The highest BCUT2D eigenvalue weighted by molar-refractivity contribution is 5.86. The molecule has 1 heterocycles. The second-order valence-electron chi connectivity index (χ2n) is 5.46. The number of halogens is 1. The molecule has 0 aliphatic carbocycles. The fourth-order valence-corrected chi connectivity index (χ4v) is 2.50. The van der Waals surface area contributed by atoms with E-state index in [4.69, 9.17) is 19.9 Å². The third-order valence-corrected chi connectivity index (χ3v) is 3.98. The Balaban J connectivity index is 0.00000264. The second kappa shape index (κ2) is 8.96. The summed E-state index contributed by atoms with van der Waals surface area (Å²) in [6.07, 6.45) is 1.84. The lowest BCUT2D eigenvalue weighted by Crippen LogP contribution is -2.57. The van der Waals surface area contributed by atoms with Gasteiger partial charge < -0.3 is 25.3 Å². The van der Waals surface area contributed by atoms with Crippen molar-refractivity contribution in [3.63, 3.8) is 0 Å². The van der Waals surface area contributed by atoms with Crippen LogP contribution in [0, 0.1) is 0 Å². The van der Waals surface area contributed by atoms with Crippen molar-refractivity contribution >= 4 is 18.3 Å². The summed E-state index contributed by atoms with van der Waals surface area (Å²) >= 11 is 0. The molecule has 3 N–H and O–H groups in total. The van der Waals surface area contributed by atoms with Crippen LogP contribution in [0.4, 0.5) is 0 Å². The molecule has 7 heteroatoms. The summed E-state index contributed by atoms with van der Waals surface area (Å²) in [5, 5.41) is 2.92. The Bertz CT molecular complexity index is 519. The number of amides is 1. The van der Waals surface area contributed by atoms with Crippen molar-refractivity contribution in [1.82, 2.24) is 5.32 Å². The molecule has 1 amide bonds. The molecule has 1 aromatic rings. The van der Waals surface area contributed by atoms with Gasteiger partial charge in [0, 0.05) is 19.8 Å². The van der Waals surface area contributed by atoms with Crippen LogP contribution in [0.25, 0.3) is 0 Å². The molecule has 6 nitrogen and oxygen atoms in total. The predicted octanol–water partition coefficient (Wildman–Crippen LogP) is 1.29. The molecule has 1 aliphatic heterocycles. The van der Waals surface area contributed by atoms with Crippen molar-refractivity contribution in [3.05, 3.63) is 23.8 Å². The standard InChI is InChI=1S/C16H24N2O4.ClH/c1-20-13-4-3-12(11-14(13)21-2)5-8-18-15(19)16(17)6-9-22-10-7-16;/h3-4,11H,5-10,17H2,1-2H3,(H,18,19);1H. The highest BCUT2D eigenvalue weighted by Crippen LogP contribution is 2.27. The number of rotatable bonds is 6. The Hall–Kier alpha value is -1.50. The third kappa shape index (κ3) is 4.99. The first-order chi connectivity index (χ1) is 10.6. The molecule has 1 saturated heterocycles. The van der Waals surface area contributed by atoms with E-state index >= 15 is 0 Å². The molecule has 2 rings (SSSR count). The third-order valence-electron chi connectivity index (χ3n) is 3.98. The molecule has 130 valence electrons. The minimum Gasteiger partial charge on any atom is -0.493 e. The summed E-state index contributed by atoms with van der Waals surface area (Å²) < 4.78 is 15.7. The van der Waals surface area contributed by atoms with Crippen LogP contribution in [0.2, 0.25) is 0 Å². The fourth-order valence-electron chi connectivity index (χ4n) is 2.50. The van der Waals surface area contributed by atoms with Gasteiger partial charge in [0.05, 0.1) is 19.8 Å². The van der Waals surface area contributed by atoms with Gasteiger partial charge in [-0.25, -0.2) is 0 Å². The molecule has 0 spiro atoms. The van der Waals surface area contributed by atoms with Crippen molar-refractivity contribution in [2.24, 2.45) is 5.73 Å². The lowest BCUT2D eigenvalue weighted by Gasteiger charge is -2.31. The van der Waals surface area contributed by atoms with E-state index in [2.05, 4.69) is 5.32 Å². The van der Waals surface area contributed by atoms with Gasteiger partial charge in [0.15, 0.2) is 11.5 Å². The van der Waals surface area contributed by atoms with E-state index < -0.39 is 5.54 Å². The van der Waals surface area contributed by atoms with Crippen molar-refractivity contribution < 1.29 is 19.0 Å². The van der Waals surface area contributed by atoms with Gasteiger partial charge in [-0.3, -0.25) is 4.79 Å². The van der Waals surface area contributed by atoms with E-state index in [-0.39, 0.29) is 18.3 Å². The van der Waals surface area contributed by atoms with Crippen molar-refractivity contribution in [3.8, 4) is 11.5 Å². The number of nitrogens with one attached hydrogen (secondary N) is 1. The van der Waals surface area contributed by atoms with E-state index in [1.54, 1.807) is 14.2 Å². The van der Waals surface area contributed by atoms with E-state index in [9.17, 15) is 4.79 Å². The Morgan fingerprint density at radius 1 is 1.26 bits per heavy atom. The van der Waals surface area contributed by atoms with Crippen molar-refractivity contribution in [2.45, 2.75) is 24.8 Å². The van der Waals surface area contributed by atoms with E-state index in [1.165, 1.54) is 0 Å². The monoisotopic (exact) mass is 344 g/mol. The van der Waals surface area contributed by atoms with E-state index in [0.717, 1.165) is 5.56 Å². The van der Waals surface area contributed by atoms with Gasteiger partial charge in [-0.2, -0.15) is 0 Å². The Labute approximate surface area is 143 Å². The van der Waals surface area contributed by atoms with Gasteiger partial charge >= 0.3 is 0 Å². The van der Waals surface area contributed by atoms with E-state index in [0.29, 0.717) is 50.5 Å². The zero-order valence-corrected chi connectivity index (χ0v) is 14.4. The highest BCUT2D eigenvalue weighted by atomic mass is 35.5. The molecule has 0 saturated carbocycles. The minimum absolute atomic E-state index is 0. The first-order valence-electron chi connectivity index (χ1n) is 7.45. The second-order valence-corrected chi connectivity index (χ2v) is 5.46. The summed E-state index contributed by atoms with van der Waals surface area (Å²) in [6.45, 7) is 1.62. The summed E-state index contributed by atoms with van der Waals surface area (Å²) in [5.74, 6) is 1.28. The van der Waals surface area contributed by atoms with Crippen LogP contribution in [0.3, 0.4) is 0 Å². The summed E-state index contributed by atoms with van der Waals surface area (Å²) in [5.41, 5.74) is 6.41. The number of hydrogen-bond acceptors (Lipinski definition) is 5. The van der Waals surface area contributed by atoms with Gasteiger partial charge in [0.2, 0.25) is 5.91 Å². The largest absolute Gasteiger partial charge is 0.493 e. The maximum absolute atomic E-state index is 12.2. The van der Waals surface area contributed by atoms with Gasteiger partial charge in [0.25, 0.3) is 0 Å². The van der Waals surface area contributed by atoms with Crippen LogP contribution in [0.1, 0.15) is 18.4 Å². The summed E-state index contributed by atoms with van der Waals surface area (Å²) in [4.78, 5) is 12.2. The van der Waals surface area contributed by atoms with Crippen LogP contribution in [0.5, 0.6) is 11.5 Å². The number of benzene rings is 1. The van der Waals surface area contributed by atoms with Gasteiger partial charge in [-0.15, -0.1) is 12.4 Å². The molecule has 0 bridgehead atoms. The Morgan fingerprint density at radius 2 is 1.91 bits per heavy atom. The molecule has 0 unspecified atom stereocenters. The first kappa shape index (κ1) is 19.5. The Kier molecular flexibility index (Phi) is 7.61. The van der Waals surface area contributed by atoms with Crippen LogP contribution in [-0.2, 0) is 16.0 Å². The lowest BCUT2D eigenvalue weighted by molar-refractivity contribution is -0.129. The quantitative estimate of drug-likeness (QED) is 0.812. The zero-order valence-electron chi connectivity index (χ0n) is 13.6. The molecular weight excluding hydrogens is 320 g/mol. The molecular formula is C16H25ClN2O4. The number of carbonyl (C=O) groups excluding carboxylic acids is 1. The first-order valence-corrected chi connectivity index (χ1v) is 7.45. The van der Waals surface area contributed by atoms with Crippen molar-refractivity contribution in [2.75, 3.05) is 34.0 Å². The van der Waals surface area contributed by atoms with Crippen LogP contribution < -0.4 is 20.5 Å². The van der Waals surface area contributed by atoms with Crippen LogP contribution in [-0.4, -0.2) is 45.4 Å². The van der Waals surface area contributed by atoms with Gasteiger partial charge in [-0.1, -0.05) is 6.07 Å². The molecule has 0 atom stereocenters. The van der Waals surface area contributed by atoms with Gasteiger partial charge in [0.1, 0.15) is 0 Å². The molecule has 0 aromatic heterocycles. The topological polar surface area (TPSA) is 82.8 Å². The van der Waals surface area contributed by atoms with Crippen molar-refractivity contribution in [1.29, 1.82) is 0 Å². The zero-order chi connectivity index (χ0) is 16.0. The van der Waals surface area contributed by atoms with Gasteiger partial charge in [-0.05, 0) is 37.0 Å². The predicted molar refractivity (Wildman–Crippen MR) is 90.5 cm³/mol. The fraction of sp³-hybridized carbons (Fsp3) is 0.562. The lowest BCUT2D eigenvalue weighted by atomic mass is 9.90. The molecule has 0 radical (unpaired) electrons. The highest BCUT2D eigenvalue weighted by Gasteiger charge is 2.35. The molecule has 1 aromatic carbocycles. The normalized spacial score (nSPS) is 16.1. The Morgan fingerprint density at radius 3 is 2.52 bits per heavy atom. The summed E-state index contributed by atoms with van der Waals surface area (Å²) in [7, 11) is 3.21. The van der Waals surface area contributed by atoms with E-state index in [1.807, 2.05) is 18.2 Å². The average Bonchev–Trinajstić information content (AvgIpc) is 2.55. The molecule has 1 fully saturated rings. The number of hydrogen-bond donors (Lipinski definition) is 2. The number of methoxy groups -OCH3 is 2. The molecule has 1 aliphatic rings. The van der Waals surface area contributed by atoms with Crippen LogP contribution >= 0.6 is 12.4 Å². The number of carbonyl (C=O) groups is 1. The maximum atomic E-state index is 12.2.